The van der Waals surface area contributed by atoms with Crippen LogP contribution in [0.25, 0.3) is 22.3 Å². The molecule has 4 heteroatoms. The fourth-order valence-corrected chi connectivity index (χ4v) is 2.33. The Balaban J connectivity index is 2.26. The van der Waals surface area contributed by atoms with Gasteiger partial charge in [-0.05, 0) is 19.1 Å². The molecule has 0 N–H and O–H groups in total. The maximum absolute atomic E-state index is 12.8. The van der Waals surface area contributed by atoms with Crippen LogP contribution < -0.4 is 10.2 Å². The Morgan fingerprint density at radius 1 is 1.04 bits per heavy atom. The number of rotatable bonds is 3. The lowest BCUT2D eigenvalue weighted by molar-refractivity contribution is -0.137. The molecule has 0 spiro atoms. The molecule has 3 rings (SSSR count). The number of benzene rings is 2. The fraction of sp³-hybridized carbons (Fsp3) is 0.200. The second-order valence-corrected chi connectivity index (χ2v) is 6.03. The molecule has 0 unspecified atom stereocenters. The van der Waals surface area contributed by atoms with Crippen molar-refractivity contribution < 1.29 is 13.9 Å². The Labute approximate surface area is 139 Å². The summed E-state index contributed by atoms with van der Waals surface area (Å²) in [5.74, 6) is -0.600. The standard InChI is InChI=1S/C20H18O4/c1-12(2)20(22)24-19-17(21)15-6-4-5-7-16(15)23-18(19)14-10-8-13(3)9-11-14/h4-12H,1-3H3. The van der Waals surface area contributed by atoms with Crippen LogP contribution in [0.1, 0.15) is 19.4 Å². The Hall–Kier alpha value is -2.88. The first-order valence-corrected chi connectivity index (χ1v) is 7.82. The molecule has 0 aliphatic heterocycles. The van der Waals surface area contributed by atoms with E-state index in [1.807, 2.05) is 31.2 Å². The van der Waals surface area contributed by atoms with Gasteiger partial charge in [0.15, 0.2) is 5.76 Å². The molecule has 0 amide bonds. The number of para-hydroxylation sites is 1. The van der Waals surface area contributed by atoms with Crippen LogP contribution in [-0.2, 0) is 4.79 Å². The molecule has 4 nitrogen and oxygen atoms in total. The average Bonchev–Trinajstić information content (AvgIpc) is 2.58. The second kappa shape index (κ2) is 6.32. The van der Waals surface area contributed by atoms with E-state index in [9.17, 15) is 9.59 Å². The number of ether oxygens (including phenoxy) is 1. The highest BCUT2D eigenvalue weighted by atomic mass is 16.5. The summed E-state index contributed by atoms with van der Waals surface area (Å²) in [5.41, 5.74) is 1.89. The Morgan fingerprint density at radius 3 is 2.38 bits per heavy atom. The molecule has 0 saturated carbocycles. The van der Waals surface area contributed by atoms with E-state index in [4.69, 9.17) is 9.15 Å². The Kier molecular flexibility index (Phi) is 4.21. The fourth-order valence-electron chi connectivity index (χ4n) is 2.33. The van der Waals surface area contributed by atoms with Crippen LogP contribution in [0.2, 0.25) is 0 Å². The van der Waals surface area contributed by atoms with Gasteiger partial charge in [-0.3, -0.25) is 9.59 Å². The number of hydrogen-bond donors (Lipinski definition) is 0. The molecule has 0 atom stereocenters. The van der Waals surface area contributed by atoms with E-state index >= 15 is 0 Å². The first-order chi connectivity index (χ1) is 11.5. The van der Waals surface area contributed by atoms with Crippen LogP contribution in [0.5, 0.6) is 5.75 Å². The van der Waals surface area contributed by atoms with Crippen molar-refractivity contribution in [3.63, 3.8) is 0 Å². The summed E-state index contributed by atoms with van der Waals surface area (Å²) >= 11 is 0. The molecule has 122 valence electrons. The van der Waals surface area contributed by atoms with Gasteiger partial charge in [0.05, 0.1) is 11.3 Å². The van der Waals surface area contributed by atoms with Gasteiger partial charge in [-0.1, -0.05) is 55.8 Å². The molecule has 0 bridgehead atoms. The van der Waals surface area contributed by atoms with E-state index in [2.05, 4.69) is 0 Å². The second-order valence-electron chi connectivity index (χ2n) is 6.03. The molecule has 2 aromatic carbocycles. The number of aryl methyl sites for hydroxylation is 1. The quantitative estimate of drug-likeness (QED) is 0.673. The summed E-state index contributed by atoms with van der Waals surface area (Å²) in [4.78, 5) is 24.8. The highest BCUT2D eigenvalue weighted by molar-refractivity contribution is 5.84. The van der Waals surface area contributed by atoms with Gasteiger partial charge < -0.3 is 9.15 Å². The smallest absolute Gasteiger partial charge is 0.314 e. The van der Waals surface area contributed by atoms with Gasteiger partial charge in [0.25, 0.3) is 0 Å². The maximum atomic E-state index is 12.8. The summed E-state index contributed by atoms with van der Waals surface area (Å²) in [6.45, 7) is 5.41. The van der Waals surface area contributed by atoms with E-state index in [-0.39, 0.29) is 22.9 Å². The average molecular weight is 322 g/mol. The van der Waals surface area contributed by atoms with Gasteiger partial charge in [0.1, 0.15) is 5.58 Å². The first kappa shape index (κ1) is 16.0. The minimum Gasteiger partial charge on any atom is -0.452 e. The van der Waals surface area contributed by atoms with Gasteiger partial charge in [-0.2, -0.15) is 0 Å². The van der Waals surface area contributed by atoms with Crippen molar-refractivity contribution >= 4 is 16.9 Å². The summed E-state index contributed by atoms with van der Waals surface area (Å²) in [5, 5.41) is 0.389. The Morgan fingerprint density at radius 2 is 1.71 bits per heavy atom. The minimum atomic E-state index is -0.467. The molecule has 1 aromatic heterocycles. The predicted molar refractivity (Wildman–Crippen MR) is 93.1 cm³/mol. The van der Waals surface area contributed by atoms with Crippen LogP contribution in [-0.4, -0.2) is 5.97 Å². The summed E-state index contributed by atoms with van der Waals surface area (Å²) in [6.07, 6.45) is 0. The van der Waals surface area contributed by atoms with E-state index in [0.717, 1.165) is 5.56 Å². The van der Waals surface area contributed by atoms with E-state index in [0.29, 0.717) is 16.5 Å². The van der Waals surface area contributed by atoms with E-state index in [1.165, 1.54) is 0 Å². The lowest BCUT2D eigenvalue weighted by Gasteiger charge is -2.11. The molecule has 3 aromatic rings. The van der Waals surface area contributed by atoms with Crippen molar-refractivity contribution in [3.05, 3.63) is 64.3 Å². The zero-order valence-corrected chi connectivity index (χ0v) is 13.8. The van der Waals surface area contributed by atoms with E-state index in [1.54, 1.807) is 38.1 Å². The highest BCUT2D eigenvalue weighted by Crippen LogP contribution is 2.31. The number of carbonyl (C=O) groups is 1. The molecule has 0 aliphatic rings. The van der Waals surface area contributed by atoms with Gasteiger partial charge in [0, 0.05) is 5.56 Å². The van der Waals surface area contributed by atoms with E-state index < -0.39 is 5.97 Å². The zero-order valence-electron chi connectivity index (χ0n) is 13.8. The number of esters is 1. The summed E-state index contributed by atoms with van der Waals surface area (Å²) in [7, 11) is 0. The predicted octanol–water partition coefficient (Wildman–Crippen LogP) is 4.33. The third kappa shape index (κ3) is 2.95. The van der Waals surface area contributed by atoms with Crippen LogP contribution in [0.3, 0.4) is 0 Å². The number of fused-ring (bicyclic) bond motifs is 1. The first-order valence-electron chi connectivity index (χ1n) is 7.82. The maximum Gasteiger partial charge on any atom is 0.314 e. The van der Waals surface area contributed by atoms with Crippen molar-refractivity contribution in [1.29, 1.82) is 0 Å². The van der Waals surface area contributed by atoms with Gasteiger partial charge >= 0.3 is 5.97 Å². The van der Waals surface area contributed by atoms with Crippen molar-refractivity contribution in [3.8, 4) is 17.1 Å². The van der Waals surface area contributed by atoms with Crippen molar-refractivity contribution in [2.24, 2.45) is 5.92 Å². The van der Waals surface area contributed by atoms with Crippen LogP contribution in [0, 0.1) is 12.8 Å². The summed E-state index contributed by atoms with van der Waals surface area (Å²) in [6, 6.07) is 14.4. The van der Waals surface area contributed by atoms with Gasteiger partial charge in [-0.25, -0.2) is 0 Å². The third-order valence-corrected chi connectivity index (χ3v) is 3.74. The van der Waals surface area contributed by atoms with Crippen molar-refractivity contribution in [2.45, 2.75) is 20.8 Å². The normalized spacial score (nSPS) is 11.0. The minimum absolute atomic E-state index is 0.0590. The molecule has 0 aliphatic carbocycles. The topological polar surface area (TPSA) is 56.5 Å². The zero-order chi connectivity index (χ0) is 17.3. The largest absolute Gasteiger partial charge is 0.452 e. The van der Waals surface area contributed by atoms with Gasteiger partial charge in [0.2, 0.25) is 11.2 Å². The molecular weight excluding hydrogens is 304 g/mol. The highest BCUT2D eigenvalue weighted by Gasteiger charge is 2.21. The lowest BCUT2D eigenvalue weighted by atomic mass is 10.1. The lowest BCUT2D eigenvalue weighted by Crippen LogP contribution is -2.20. The molecular formula is C20H18O4. The van der Waals surface area contributed by atoms with Crippen LogP contribution >= 0.6 is 0 Å². The van der Waals surface area contributed by atoms with Crippen molar-refractivity contribution in [2.75, 3.05) is 0 Å². The van der Waals surface area contributed by atoms with Crippen LogP contribution in [0.15, 0.2) is 57.7 Å². The molecule has 0 fully saturated rings. The third-order valence-electron chi connectivity index (χ3n) is 3.74. The molecule has 0 radical (unpaired) electrons. The van der Waals surface area contributed by atoms with Crippen LogP contribution in [0.4, 0.5) is 0 Å². The molecule has 1 heterocycles. The van der Waals surface area contributed by atoms with Crippen molar-refractivity contribution in [1.82, 2.24) is 0 Å². The van der Waals surface area contributed by atoms with Gasteiger partial charge in [-0.15, -0.1) is 0 Å². The number of carbonyl (C=O) groups excluding carboxylic acids is 1. The Bertz CT molecular complexity index is 950. The number of hydrogen-bond acceptors (Lipinski definition) is 4. The molecule has 0 saturated heterocycles. The monoisotopic (exact) mass is 322 g/mol. The summed E-state index contributed by atoms with van der Waals surface area (Å²) < 4.78 is 11.3. The molecule has 24 heavy (non-hydrogen) atoms. The SMILES string of the molecule is Cc1ccc(-c2oc3ccccc3c(=O)c2OC(=O)C(C)C)cc1.